The molecule has 0 amide bonds. The summed E-state index contributed by atoms with van der Waals surface area (Å²) in [6.07, 6.45) is 5.90. The van der Waals surface area contributed by atoms with Crippen LogP contribution < -0.4 is 0 Å². The van der Waals surface area contributed by atoms with E-state index in [1.807, 2.05) is 0 Å². The molecule has 4 nitrogen and oxygen atoms in total. The average Bonchev–Trinajstić information content (AvgIpc) is 2.89. The van der Waals surface area contributed by atoms with Gasteiger partial charge in [0.2, 0.25) is 0 Å². The lowest BCUT2D eigenvalue weighted by atomic mass is 9.71. The molecule has 1 saturated heterocycles. The first kappa shape index (κ1) is 15.8. The summed E-state index contributed by atoms with van der Waals surface area (Å²) >= 11 is 0. The summed E-state index contributed by atoms with van der Waals surface area (Å²) in [6.45, 7) is 7.40. The highest BCUT2D eigenvalue weighted by Gasteiger charge is 2.40. The standard InChI is InChI=1S/C16H28O4/c1-12(2)14-5-4-7-16(11-14,20-13(3)17)8-6-15-18-9-10-19-15/h12,14-15H,4-11H2,1-3H3/t14-,16-/m0/s1. The van der Waals surface area contributed by atoms with Crippen LogP contribution in [0.15, 0.2) is 0 Å². The SMILES string of the molecule is CC(=O)O[C@]1(CCC2OCCO2)CCC[C@H](C(C)C)C1. The Bertz CT molecular complexity index is 322. The van der Waals surface area contributed by atoms with Crippen LogP contribution in [0.2, 0.25) is 0 Å². The molecule has 1 saturated carbocycles. The molecule has 4 heteroatoms. The number of ether oxygens (including phenoxy) is 3. The van der Waals surface area contributed by atoms with Crippen LogP contribution >= 0.6 is 0 Å². The van der Waals surface area contributed by atoms with Crippen molar-refractivity contribution in [1.29, 1.82) is 0 Å². The fourth-order valence-corrected chi connectivity index (χ4v) is 3.57. The zero-order chi connectivity index (χ0) is 14.6. The third-order valence-corrected chi connectivity index (χ3v) is 4.67. The lowest BCUT2D eigenvalue weighted by Gasteiger charge is -2.42. The van der Waals surface area contributed by atoms with Crippen molar-refractivity contribution >= 4 is 5.97 Å². The number of hydrogen-bond acceptors (Lipinski definition) is 4. The molecule has 2 aliphatic rings. The van der Waals surface area contributed by atoms with E-state index in [1.165, 1.54) is 13.3 Å². The van der Waals surface area contributed by atoms with E-state index in [2.05, 4.69) is 13.8 Å². The van der Waals surface area contributed by atoms with Gasteiger partial charge in [0.1, 0.15) is 5.60 Å². The molecule has 2 fully saturated rings. The molecule has 1 aliphatic carbocycles. The number of rotatable bonds is 5. The first-order valence-corrected chi connectivity index (χ1v) is 7.93. The van der Waals surface area contributed by atoms with Crippen LogP contribution in [-0.4, -0.2) is 31.1 Å². The highest BCUT2D eigenvalue weighted by Crippen LogP contribution is 2.42. The van der Waals surface area contributed by atoms with Gasteiger partial charge < -0.3 is 14.2 Å². The maximum atomic E-state index is 11.5. The van der Waals surface area contributed by atoms with Gasteiger partial charge in [-0.1, -0.05) is 13.8 Å². The first-order valence-electron chi connectivity index (χ1n) is 7.93. The van der Waals surface area contributed by atoms with E-state index in [-0.39, 0.29) is 17.9 Å². The minimum atomic E-state index is -0.297. The molecule has 1 heterocycles. The normalized spacial score (nSPS) is 31.7. The van der Waals surface area contributed by atoms with Crippen LogP contribution in [0.25, 0.3) is 0 Å². The highest BCUT2D eigenvalue weighted by molar-refractivity contribution is 5.66. The van der Waals surface area contributed by atoms with Gasteiger partial charge in [-0.05, 0) is 43.9 Å². The Morgan fingerprint density at radius 1 is 1.35 bits per heavy atom. The Hall–Kier alpha value is -0.610. The van der Waals surface area contributed by atoms with Crippen molar-refractivity contribution in [1.82, 2.24) is 0 Å². The molecule has 0 aromatic carbocycles. The van der Waals surface area contributed by atoms with E-state index in [4.69, 9.17) is 14.2 Å². The molecule has 2 rings (SSSR count). The molecule has 116 valence electrons. The van der Waals surface area contributed by atoms with Gasteiger partial charge in [-0.2, -0.15) is 0 Å². The average molecular weight is 284 g/mol. The quantitative estimate of drug-likeness (QED) is 0.727. The minimum Gasteiger partial charge on any atom is -0.459 e. The number of carbonyl (C=O) groups excluding carboxylic acids is 1. The Kier molecular flexibility index (Phi) is 5.44. The van der Waals surface area contributed by atoms with Crippen molar-refractivity contribution in [3.05, 3.63) is 0 Å². The molecule has 2 atom stereocenters. The molecule has 0 N–H and O–H groups in total. The van der Waals surface area contributed by atoms with E-state index in [9.17, 15) is 4.79 Å². The summed E-state index contributed by atoms with van der Waals surface area (Å²) < 4.78 is 16.8. The van der Waals surface area contributed by atoms with Crippen molar-refractivity contribution in [3.8, 4) is 0 Å². The van der Waals surface area contributed by atoms with E-state index in [0.717, 1.165) is 32.1 Å². The molecule has 0 aromatic heterocycles. The third-order valence-electron chi connectivity index (χ3n) is 4.67. The largest absolute Gasteiger partial charge is 0.459 e. The highest BCUT2D eigenvalue weighted by atomic mass is 16.7. The van der Waals surface area contributed by atoms with E-state index >= 15 is 0 Å². The Morgan fingerprint density at radius 2 is 2.05 bits per heavy atom. The van der Waals surface area contributed by atoms with Gasteiger partial charge in [0.15, 0.2) is 6.29 Å². The van der Waals surface area contributed by atoms with Crippen LogP contribution in [0.1, 0.15) is 59.3 Å². The van der Waals surface area contributed by atoms with Crippen LogP contribution in [-0.2, 0) is 19.0 Å². The molecular formula is C16H28O4. The molecule has 0 radical (unpaired) electrons. The van der Waals surface area contributed by atoms with E-state index < -0.39 is 0 Å². The molecule has 0 unspecified atom stereocenters. The summed E-state index contributed by atoms with van der Waals surface area (Å²) in [4.78, 5) is 11.5. The summed E-state index contributed by atoms with van der Waals surface area (Å²) in [7, 11) is 0. The minimum absolute atomic E-state index is 0.109. The Morgan fingerprint density at radius 3 is 2.65 bits per heavy atom. The number of carbonyl (C=O) groups is 1. The summed E-state index contributed by atoms with van der Waals surface area (Å²) in [5.41, 5.74) is -0.297. The molecular weight excluding hydrogens is 256 g/mol. The van der Waals surface area contributed by atoms with Crippen LogP contribution in [0.3, 0.4) is 0 Å². The first-order chi connectivity index (χ1) is 9.51. The van der Waals surface area contributed by atoms with Gasteiger partial charge >= 0.3 is 5.97 Å². The summed E-state index contributed by atoms with van der Waals surface area (Å²) in [6, 6.07) is 0. The molecule has 20 heavy (non-hydrogen) atoms. The van der Waals surface area contributed by atoms with Crippen LogP contribution in [0, 0.1) is 11.8 Å². The molecule has 1 aliphatic heterocycles. The topological polar surface area (TPSA) is 44.8 Å². The molecule has 0 spiro atoms. The fourth-order valence-electron chi connectivity index (χ4n) is 3.57. The van der Waals surface area contributed by atoms with Gasteiger partial charge in [-0.3, -0.25) is 4.79 Å². The monoisotopic (exact) mass is 284 g/mol. The van der Waals surface area contributed by atoms with E-state index in [1.54, 1.807) is 0 Å². The van der Waals surface area contributed by atoms with Crippen molar-refractivity contribution in [3.63, 3.8) is 0 Å². The predicted octanol–water partition coefficient (Wildman–Crippen LogP) is 3.29. The van der Waals surface area contributed by atoms with E-state index in [0.29, 0.717) is 25.0 Å². The summed E-state index contributed by atoms with van der Waals surface area (Å²) in [5, 5.41) is 0. The van der Waals surface area contributed by atoms with Gasteiger partial charge in [0.25, 0.3) is 0 Å². The van der Waals surface area contributed by atoms with Crippen molar-refractivity contribution < 1.29 is 19.0 Å². The van der Waals surface area contributed by atoms with Gasteiger partial charge in [0, 0.05) is 13.3 Å². The second kappa shape index (κ2) is 6.90. The zero-order valence-corrected chi connectivity index (χ0v) is 13.0. The van der Waals surface area contributed by atoms with Gasteiger partial charge in [0.05, 0.1) is 13.2 Å². The fraction of sp³-hybridized carbons (Fsp3) is 0.938. The van der Waals surface area contributed by atoms with Crippen LogP contribution in [0.5, 0.6) is 0 Å². The Balaban J connectivity index is 1.98. The summed E-state index contributed by atoms with van der Waals surface area (Å²) in [5.74, 6) is 1.13. The van der Waals surface area contributed by atoms with Crippen molar-refractivity contribution in [2.24, 2.45) is 11.8 Å². The van der Waals surface area contributed by atoms with Crippen molar-refractivity contribution in [2.45, 2.75) is 71.2 Å². The van der Waals surface area contributed by atoms with Gasteiger partial charge in [-0.25, -0.2) is 0 Å². The van der Waals surface area contributed by atoms with Gasteiger partial charge in [-0.15, -0.1) is 0 Å². The van der Waals surface area contributed by atoms with Crippen LogP contribution in [0.4, 0.5) is 0 Å². The maximum absolute atomic E-state index is 11.5. The second-order valence-corrected chi connectivity index (χ2v) is 6.59. The lowest BCUT2D eigenvalue weighted by Crippen LogP contribution is -2.41. The third kappa shape index (κ3) is 4.19. The molecule has 0 aromatic rings. The smallest absolute Gasteiger partial charge is 0.303 e. The maximum Gasteiger partial charge on any atom is 0.303 e. The van der Waals surface area contributed by atoms with Crippen molar-refractivity contribution in [2.75, 3.05) is 13.2 Å². The predicted molar refractivity (Wildman–Crippen MR) is 76.2 cm³/mol. The number of hydrogen-bond donors (Lipinski definition) is 0. The number of esters is 1. The zero-order valence-electron chi connectivity index (χ0n) is 13.0. The Labute approximate surface area is 122 Å². The molecule has 0 bridgehead atoms. The lowest BCUT2D eigenvalue weighted by molar-refractivity contribution is -0.167. The second-order valence-electron chi connectivity index (χ2n) is 6.59.